The van der Waals surface area contributed by atoms with Crippen molar-refractivity contribution in [2.75, 3.05) is 6.61 Å². The zero-order valence-corrected chi connectivity index (χ0v) is 10.6. The molecular weight excluding hydrogens is 254 g/mol. The number of carboxylic acid groups (broad SMARTS) is 1. The number of aromatic nitrogens is 1. The van der Waals surface area contributed by atoms with Gasteiger partial charge in [-0.25, -0.2) is 4.79 Å². The van der Waals surface area contributed by atoms with Crippen molar-refractivity contribution in [1.82, 2.24) is 4.98 Å². The molecular formula is C13H12ClNO3. The van der Waals surface area contributed by atoms with Crippen LogP contribution in [0.2, 0.25) is 5.02 Å². The first-order chi connectivity index (χ1) is 8.63. The van der Waals surface area contributed by atoms with Crippen molar-refractivity contribution in [2.24, 2.45) is 0 Å². The second-order valence-corrected chi connectivity index (χ2v) is 4.20. The SMILES string of the molecule is CCCOc1ccc2ncc(C(=O)O)c(Cl)c2c1. The summed E-state index contributed by atoms with van der Waals surface area (Å²) in [5.41, 5.74) is 0.644. The molecule has 0 aliphatic carbocycles. The largest absolute Gasteiger partial charge is 0.494 e. The van der Waals surface area contributed by atoms with Crippen LogP contribution < -0.4 is 4.74 Å². The summed E-state index contributed by atoms with van der Waals surface area (Å²) < 4.78 is 5.48. The molecule has 4 nitrogen and oxygen atoms in total. The smallest absolute Gasteiger partial charge is 0.338 e. The van der Waals surface area contributed by atoms with E-state index in [0.717, 1.165) is 6.42 Å². The Balaban J connectivity index is 2.52. The number of rotatable bonds is 4. The number of ether oxygens (including phenoxy) is 1. The van der Waals surface area contributed by atoms with E-state index in [1.807, 2.05) is 6.92 Å². The molecule has 0 aliphatic rings. The molecule has 0 spiro atoms. The molecule has 1 aromatic carbocycles. The van der Waals surface area contributed by atoms with Crippen LogP contribution in [0.3, 0.4) is 0 Å². The zero-order chi connectivity index (χ0) is 13.1. The van der Waals surface area contributed by atoms with Crippen molar-refractivity contribution in [3.63, 3.8) is 0 Å². The van der Waals surface area contributed by atoms with Crippen LogP contribution in [-0.4, -0.2) is 22.7 Å². The lowest BCUT2D eigenvalue weighted by Gasteiger charge is -2.07. The van der Waals surface area contributed by atoms with E-state index < -0.39 is 5.97 Å². The Hall–Kier alpha value is -1.81. The predicted octanol–water partition coefficient (Wildman–Crippen LogP) is 3.38. The lowest BCUT2D eigenvalue weighted by molar-refractivity contribution is 0.0697. The number of pyridine rings is 1. The van der Waals surface area contributed by atoms with Crippen LogP contribution in [0.25, 0.3) is 10.9 Å². The Bertz CT molecular complexity index is 598. The third-order valence-corrected chi connectivity index (χ3v) is 2.88. The van der Waals surface area contributed by atoms with Gasteiger partial charge in [0.2, 0.25) is 0 Å². The number of carboxylic acids is 1. The summed E-state index contributed by atoms with van der Waals surface area (Å²) in [7, 11) is 0. The summed E-state index contributed by atoms with van der Waals surface area (Å²) >= 11 is 6.07. The molecule has 0 fully saturated rings. The summed E-state index contributed by atoms with van der Waals surface area (Å²) in [5, 5.41) is 9.76. The van der Waals surface area contributed by atoms with Crippen LogP contribution in [0, 0.1) is 0 Å². The molecule has 18 heavy (non-hydrogen) atoms. The summed E-state index contributed by atoms with van der Waals surface area (Å²) in [6.07, 6.45) is 2.17. The average molecular weight is 266 g/mol. The molecule has 0 radical (unpaired) electrons. The first-order valence-corrected chi connectivity index (χ1v) is 5.95. The standard InChI is InChI=1S/C13H12ClNO3/c1-2-5-18-8-3-4-11-9(6-8)12(14)10(7-15-11)13(16)17/h3-4,6-7H,2,5H2,1H3,(H,16,17). The normalized spacial score (nSPS) is 10.6. The lowest BCUT2D eigenvalue weighted by atomic mass is 10.1. The number of carbonyl (C=O) groups is 1. The molecule has 0 saturated carbocycles. The monoisotopic (exact) mass is 265 g/mol. The van der Waals surface area contributed by atoms with Gasteiger partial charge in [-0.05, 0) is 24.6 Å². The van der Waals surface area contributed by atoms with Crippen LogP contribution in [0.15, 0.2) is 24.4 Å². The van der Waals surface area contributed by atoms with Gasteiger partial charge in [-0.1, -0.05) is 18.5 Å². The molecule has 0 amide bonds. The Morgan fingerprint density at radius 3 is 2.94 bits per heavy atom. The topological polar surface area (TPSA) is 59.4 Å². The van der Waals surface area contributed by atoms with Crippen molar-refractivity contribution in [3.8, 4) is 5.75 Å². The van der Waals surface area contributed by atoms with Crippen molar-refractivity contribution < 1.29 is 14.6 Å². The van der Waals surface area contributed by atoms with E-state index in [-0.39, 0.29) is 10.6 Å². The van der Waals surface area contributed by atoms with E-state index in [0.29, 0.717) is 23.3 Å². The average Bonchev–Trinajstić information content (AvgIpc) is 2.36. The summed E-state index contributed by atoms with van der Waals surface area (Å²) in [4.78, 5) is 15.0. The summed E-state index contributed by atoms with van der Waals surface area (Å²) in [6, 6.07) is 5.27. The van der Waals surface area contributed by atoms with Gasteiger partial charge in [0.15, 0.2) is 0 Å². The quantitative estimate of drug-likeness (QED) is 0.921. The molecule has 1 aromatic heterocycles. The Labute approximate surface area is 109 Å². The van der Waals surface area contributed by atoms with Crippen LogP contribution in [0.1, 0.15) is 23.7 Å². The van der Waals surface area contributed by atoms with Gasteiger partial charge in [0.25, 0.3) is 0 Å². The van der Waals surface area contributed by atoms with Crippen molar-refractivity contribution in [1.29, 1.82) is 0 Å². The minimum atomic E-state index is -1.09. The van der Waals surface area contributed by atoms with Gasteiger partial charge in [0.1, 0.15) is 5.75 Å². The fourth-order valence-electron chi connectivity index (χ4n) is 1.60. The minimum Gasteiger partial charge on any atom is -0.494 e. The van der Waals surface area contributed by atoms with E-state index in [2.05, 4.69) is 4.98 Å². The first kappa shape index (κ1) is 12.6. The van der Waals surface area contributed by atoms with Gasteiger partial charge in [0.05, 0.1) is 22.7 Å². The van der Waals surface area contributed by atoms with Crippen molar-refractivity contribution >= 4 is 28.5 Å². The van der Waals surface area contributed by atoms with Gasteiger partial charge in [-0.15, -0.1) is 0 Å². The van der Waals surface area contributed by atoms with Crippen molar-refractivity contribution in [2.45, 2.75) is 13.3 Å². The second kappa shape index (κ2) is 5.23. The number of fused-ring (bicyclic) bond motifs is 1. The number of benzene rings is 1. The Kier molecular flexibility index (Phi) is 3.67. The predicted molar refractivity (Wildman–Crippen MR) is 69.5 cm³/mol. The first-order valence-electron chi connectivity index (χ1n) is 5.58. The van der Waals surface area contributed by atoms with Gasteiger partial charge >= 0.3 is 5.97 Å². The molecule has 1 heterocycles. The number of nitrogens with zero attached hydrogens (tertiary/aromatic N) is 1. The molecule has 0 atom stereocenters. The summed E-state index contributed by atoms with van der Waals surface area (Å²) in [5.74, 6) is -0.426. The highest BCUT2D eigenvalue weighted by molar-refractivity contribution is 6.38. The molecule has 5 heteroatoms. The molecule has 0 saturated heterocycles. The van der Waals surface area contributed by atoms with Crippen LogP contribution in [-0.2, 0) is 0 Å². The third-order valence-electron chi connectivity index (χ3n) is 2.48. The molecule has 1 N–H and O–H groups in total. The molecule has 94 valence electrons. The van der Waals surface area contributed by atoms with Crippen LogP contribution in [0.4, 0.5) is 0 Å². The van der Waals surface area contributed by atoms with E-state index in [4.69, 9.17) is 21.4 Å². The van der Waals surface area contributed by atoms with Gasteiger partial charge in [-0.3, -0.25) is 4.98 Å². The minimum absolute atomic E-state index is 0.00296. The lowest BCUT2D eigenvalue weighted by Crippen LogP contribution is -2.00. The second-order valence-electron chi connectivity index (χ2n) is 3.82. The van der Waals surface area contributed by atoms with Gasteiger partial charge < -0.3 is 9.84 Å². The van der Waals surface area contributed by atoms with Crippen LogP contribution in [0.5, 0.6) is 5.75 Å². The number of hydrogen-bond donors (Lipinski definition) is 1. The number of aromatic carboxylic acids is 1. The maximum atomic E-state index is 11.0. The summed E-state index contributed by atoms with van der Waals surface area (Å²) in [6.45, 7) is 2.62. The molecule has 0 unspecified atom stereocenters. The van der Waals surface area contributed by atoms with Gasteiger partial charge in [0, 0.05) is 11.6 Å². The van der Waals surface area contributed by atoms with Gasteiger partial charge in [-0.2, -0.15) is 0 Å². The zero-order valence-electron chi connectivity index (χ0n) is 9.81. The van der Waals surface area contributed by atoms with E-state index >= 15 is 0 Å². The number of halogens is 1. The molecule has 2 rings (SSSR count). The van der Waals surface area contributed by atoms with Crippen LogP contribution >= 0.6 is 11.6 Å². The Morgan fingerprint density at radius 1 is 1.50 bits per heavy atom. The van der Waals surface area contributed by atoms with E-state index in [1.54, 1.807) is 18.2 Å². The molecule has 0 aliphatic heterocycles. The molecule has 2 aromatic rings. The maximum absolute atomic E-state index is 11.0. The van der Waals surface area contributed by atoms with Crippen molar-refractivity contribution in [3.05, 3.63) is 35.0 Å². The Morgan fingerprint density at radius 2 is 2.28 bits per heavy atom. The van der Waals surface area contributed by atoms with E-state index in [1.165, 1.54) is 6.20 Å². The number of hydrogen-bond acceptors (Lipinski definition) is 3. The maximum Gasteiger partial charge on any atom is 0.338 e. The molecule has 0 bridgehead atoms. The highest BCUT2D eigenvalue weighted by Gasteiger charge is 2.13. The highest BCUT2D eigenvalue weighted by atomic mass is 35.5. The fourth-order valence-corrected chi connectivity index (χ4v) is 1.88. The highest BCUT2D eigenvalue weighted by Crippen LogP contribution is 2.28. The fraction of sp³-hybridized carbons (Fsp3) is 0.231. The third kappa shape index (κ3) is 2.38. The van der Waals surface area contributed by atoms with E-state index in [9.17, 15) is 4.79 Å².